The molecule has 2 heteroatoms. The second-order valence-electron chi connectivity index (χ2n) is 1.79. The molecule has 0 saturated carbocycles. The highest BCUT2D eigenvalue weighted by molar-refractivity contribution is 5.64. The van der Waals surface area contributed by atoms with Gasteiger partial charge in [0.05, 0.1) is 5.54 Å². The fourth-order valence-corrected chi connectivity index (χ4v) is 0.0589. The molecular weight excluding hydrogens is 90.1 g/mol. The van der Waals surface area contributed by atoms with Gasteiger partial charge in [-0.25, -0.2) is 0 Å². The summed E-state index contributed by atoms with van der Waals surface area (Å²) in [4.78, 5) is 9.93. The maximum absolute atomic E-state index is 9.93. The summed E-state index contributed by atoms with van der Waals surface area (Å²) in [5, 5.41) is 2.71. The van der Waals surface area contributed by atoms with E-state index in [0.717, 1.165) is 6.29 Å². The summed E-state index contributed by atoms with van der Waals surface area (Å²) < 4.78 is 0. The van der Waals surface area contributed by atoms with Crippen molar-refractivity contribution in [1.82, 2.24) is 5.32 Å². The molecule has 0 heterocycles. The Hall–Kier alpha value is -0.370. The van der Waals surface area contributed by atoms with Gasteiger partial charge < -0.3 is 10.1 Å². The summed E-state index contributed by atoms with van der Waals surface area (Å²) in [5.74, 6) is 0. The number of hydrogen-bond acceptors (Lipinski definition) is 2. The van der Waals surface area contributed by atoms with Crippen LogP contribution in [0.4, 0.5) is 0 Å². The average Bonchev–Trinajstić information content (AvgIpc) is 1.68. The first-order valence-electron chi connectivity index (χ1n) is 2.13. The van der Waals surface area contributed by atoms with Crippen LogP contribution < -0.4 is 5.32 Å². The number of rotatable bonds is 2. The molecule has 0 fully saturated rings. The zero-order chi connectivity index (χ0) is 5.91. The summed E-state index contributed by atoms with van der Waals surface area (Å²) >= 11 is 0. The van der Waals surface area contributed by atoms with Crippen LogP contribution in [0, 0.1) is 6.92 Å². The van der Waals surface area contributed by atoms with E-state index in [2.05, 4.69) is 12.2 Å². The predicted molar refractivity (Wildman–Crippen MR) is 28.9 cm³/mol. The number of hydrogen-bond donors (Lipinski definition) is 1. The zero-order valence-corrected chi connectivity index (χ0v) is 4.69. The highest BCUT2D eigenvalue weighted by atomic mass is 16.1. The van der Waals surface area contributed by atoms with Gasteiger partial charge in [0.1, 0.15) is 6.29 Å². The summed E-state index contributed by atoms with van der Waals surface area (Å²) in [5.41, 5.74) is -0.597. The Morgan fingerprint density at radius 3 is 2.29 bits per heavy atom. The molecule has 0 rings (SSSR count). The second kappa shape index (κ2) is 2.07. The molecule has 41 valence electrons. The van der Waals surface area contributed by atoms with Gasteiger partial charge in [0.2, 0.25) is 0 Å². The van der Waals surface area contributed by atoms with Gasteiger partial charge in [0, 0.05) is 0 Å². The first-order chi connectivity index (χ1) is 3.12. The van der Waals surface area contributed by atoms with Crippen LogP contribution in [0.25, 0.3) is 0 Å². The third-order valence-electron chi connectivity index (χ3n) is 0.831. The Labute approximate surface area is 43.9 Å². The van der Waals surface area contributed by atoms with Gasteiger partial charge in [-0.1, -0.05) is 0 Å². The molecule has 0 aliphatic carbocycles. The van der Waals surface area contributed by atoms with E-state index in [-0.39, 0.29) is 0 Å². The van der Waals surface area contributed by atoms with Crippen molar-refractivity contribution in [3.63, 3.8) is 0 Å². The molecule has 2 nitrogen and oxygen atoms in total. The highest BCUT2D eigenvalue weighted by Gasteiger charge is 2.10. The average molecular weight is 100 g/mol. The number of nitrogens with one attached hydrogen (secondary N) is 1. The quantitative estimate of drug-likeness (QED) is 0.495. The largest absolute Gasteiger partial charge is 0.308 e. The molecule has 0 aromatic carbocycles. The standard InChI is InChI=1S/C5H10NO/c1-5(2,4-7)6-3/h4,6H,1H2,2-3H3. The van der Waals surface area contributed by atoms with Crippen molar-refractivity contribution >= 4 is 6.29 Å². The van der Waals surface area contributed by atoms with Gasteiger partial charge in [-0.3, -0.25) is 0 Å². The van der Waals surface area contributed by atoms with E-state index in [0.29, 0.717) is 0 Å². The van der Waals surface area contributed by atoms with Crippen LogP contribution in [0.2, 0.25) is 0 Å². The lowest BCUT2D eigenvalue weighted by Gasteiger charge is -2.13. The Bertz CT molecular complexity index is 68.5. The van der Waals surface area contributed by atoms with Gasteiger partial charge in [0.25, 0.3) is 0 Å². The molecule has 1 atom stereocenters. The van der Waals surface area contributed by atoms with Crippen LogP contribution in [0.1, 0.15) is 6.92 Å². The maximum Gasteiger partial charge on any atom is 0.139 e. The van der Waals surface area contributed by atoms with E-state index in [1.807, 2.05) is 0 Å². The minimum absolute atomic E-state index is 0.597. The zero-order valence-electron chi connectivity index (χ0n) is 4.69. The van der Waals surface area contributed by atoms with Gasteiger partial charge in [-0.2, -0.15) is 0 Å². The Kier molecular flexibility index (Phi) is 1.96. The van der Waals surface area contributed by atoms with Crippen LogP contribution in [-0.4, -0.2) is 18.9 Å². The van der Waals surface area contributed by atoms with Crippen molar-refractivity contribution in [3.05, 3.63) is 6.92 Å². The SMILES string of the molecule is [CH2]C(C)(C=O)NC. The molecule has 0 aromatic heterocycles. The van der Waals surface area contributed by atoms with Crippen molar-refractivity contribution in [2.45, 2.75) is 12.5 Å². The second-order valence-corrected chi connectivity index (χ2v) is 1.79. The third-order valence-corrected chi connectivity index (χ3v) is 0.831. The molecule has 0 aromatic rings. The van der Waals surface area contributed by atoms with Gasteiger partial charge in [-0.05, 0) is 20.9 Å². The fraction of sp³-hybridized carbons (Fsp3) is 0.600. The maximum atomic E-state index is 9.93. The summed E-state index contributed by atoms with van der Waals surface area (Å²) in [7, 11) is 1.70. The van der Waals surface area contributed by atoms with E-state index in [1.165, 1.54) is 0 Å². The smallest absolute Gasteiger partial charge is 0.139 e. The molecule has 0 bridgehead atoms. The van der Waals surface area contributed by atoms with E-state index in [4.69, 9.17) is 0 Å². The van der Waals surface area contributed by atoms with Gasteiger partial charge in [0.15, 0.2) is 0 Å². The number of carbonyl (C=O) groups is 1. The minimum Gasteiger partial charge on any atom is -0.308 e. The van der Waals surface area contributed by atoms with Crippen LogP contribution in [0.5, 0.6) is 0 Å². The molecule has 0 spiro atoms. The topological polar surface area (TPSA) is 29.1 Å². The van der Waals surface area contributed by atoms with Gasteiger partial charge >= 0.3 is 0 Å². The first-order valence-corrected chi connectivity index (χ1v) is 2.13. The van der Waals surface area contributed by atoms with Crippen LogP contribution >= 0.6 is 0 Å². The van der Waals surface area contributed by atoms with E-state index in [9.17, 15) is 4.79 Å². The molecule has 1 radical (unpaired) electrons. The van der Waals surface area contributed by atoms with Crippen molar-refractivity contribution in [3.8, 4) is 0 Å². The minimum atomic E-state index is -0.597. The molecule has 7 heavy (non-hydrogen) atoms. The van der Waals surface area contributed by atoms with E-state index in [1.54, 1.807) is 14.0 Å². The van der Waals surface area contributed by atoms with E-state index < -0.39 is 5.54 Å². The molecule has 0 saturated heterocycles. The molecule has 0 amide bonds. The molecule has 0 aliphatic rings. The van der Waals surface area contributed by atoms with Crippen LogP contribution in [-0.2, 0) is 4.79 Å². The number of aldehydes is 1. The molecule has 1 unspecified atom stereocenters. The van der Waals surface area contributed by atoms with Crippen LogP contribution in [0.3, 0.4) is 0 Å². The van der Waals surface area contributed by atoms with Gasteiger partial charge in [-0.15, -0.1) is 0 Å². The Balaban J connectivity index is 3.58. The summed E-state index contributed by atoms with van der Waals surface area (Å²) in [6.45, 7) is 5.24. The predicted octanol–water partition coefficient (Wildman–Crippen LogP) is -0.00251. The first kappa shape index (κ1) is 6.63. The Morgan fingerprint density at radius 2 is 2.29 bits per heavy atom. The number of carbonyl (C=O) groups excluding carboxylic acids is 1. The lowest BCUT2D eigenvalue weighted by atomic mass is 10.1. The molecule has 0 aliphatic heterocycles. The third kappa shape index (κ3) is 2.34. The lowest BCUT2D eigenvalue weighted by Crippen LogP contribution is -2.37. The van der Waals surface area contributed by atoms with E-state index >= 15 is 0 Å². The summed E-state index contributed by atoms with van der Waals surface area (Å²) in [6.07, 6.45) is 0.771. The molecular formula is C5H10NO. The Morgan fingerprint density at radius 1 is 1.86 bits per heavy atom. The highest BCUT2D eigenvalue weighted by Crippen LogP contribution is 1.90. The van der Waals surface area contributed by atoms with Crippen molar-refractivity contribution in [2.75, 3.05) is 7.05 Å². The van der Waals surface area contributed by atoms with Crippen molar-refractivity contribution in [1.29, 1.82) is 0 Å². The number of likely N-dealkylation sites (N-methyl/N-ethyl adjacent to an activating group) is 1. The fourth-order valence-electron chi connectivity index (χ4n) is 0.0589. The van der Waals surface area contributed by atoms with Crippen molar-refractivity contribution < 1.29 is 4.79 Å². The van der Waals surface area contributed by atoms with Crippen molar-refractivity contribution in [2.24, 2.45) is 0 Å². The van der Waals surface area contributed by atoms with Crippen LogP contribution in [0.15, 0.2) is 0 Å². The molecule has 1 N–H and O–H groups in total. The lowest BCUT2D eigenvalue weighted by molar-refractivity contribution is -0.111. The summed E-state index contributed by atoms with van der Waals surface area (Å²) in [6, 6.07) is 0. The monoisotopic (exact) mass is 100 g/mol. The normalized spacial score (nSPS) is 11.3.